The molecule has 3 aromatic rings. The van der Waals surface area contributed by atoms with E-state index in [1.165, 1.54) is 12.1 Å². The molecule has 0 unspecified atom stereocenters. The number of hydrogen-bond acceptors (Lipinski definition) is 3. The lowest BCUT2D eigenvalue weighted by Gasteiger charge is -2.18. The Morgan fingerprint density at radius 3 is 2.30 bits per heavy atom. The molecule has 1 amide bonds. The standard InChI is InChI=1S/C25H26FNO3/c1-3-23(30-24-7-5-4-6-18(24)2)25(28)27-16-19-10-14-22(15-11-19)29-17-20-8-12-21(26)13-9-20/h4-15,23H,3,16-17H2,1-2H3,(H,27,28)/t23-/m1/s1. The molecule has 156 valence electrons. The zero-order chi connectivity index (χ0) is 21.3. The number of amides is 1. The van der Waals surface area contributed by atoms with Crippen molar-refractivity contribution in [1.29, 1.82) is 0 Å². The molecule has 0 aliphatic carbocycles. The van der Waals surface area contributed by atoms with Crippen molar-refractivity contribution in [3.63, 3.8) is 0 Å². The molecule has 0 spiro atoms. The van der Waals surface area contributed by atoms with E-state index in [9.17, 15) is 9.18 Å². The SMILES string of the molecule is CC[C@@H](Oc1ccccc1C)C(=O)NCc1ccc(OCc2ccc(F)cc2)cc1. The maximum atomic E-state index is 12.9. The summed E-state index contributed by atoms with van der Waals surface area (Å²) in [4.78, 5) is 12.5. The van der Waals surface area contributed by atoms with Crippen molar-refractivity contribution in [3.05, 3.63) is 95.3 Å². The van der Waals surface area contributed by atoms with Crippen LogP contribution in [0.15, 0.2) is 72.8 Å². The average Bonchev–Trinajstić information content (AvgIpc) is 2.77. The Kier molecular flexibility index (Phi) is 7.44. The largest absolute Gasteiger partial charge is 0.489 e. The van der Waals surface area contributed by atoms with Crippen LogP contribution in [0.25, 0.3) is 0 Å². The van der Waals surface area contributed by atoms with Gasteiger partial charge in [-0.3, -0.25) is 4.79 Å². The lowest BCUT2D eigenvalue weighted by atomic mass is 10.2. The number of benzene rings is 3. The Balaban J connectivity index is 1.49. The summed E-state index contributed by atoms with van der Waals surface area (Å²) in [6, 6.07) is 21.4. The summed E-state index contributed by atoms with van der Waals surface area (Å²) in [6.45, 7) is 4.66. The number of rotatable bonds is 9. The van der Waals surface area contributed by atoms with E-state index in [0.717, 1.165) is 22.4 Å². The summed E-state index contributed by atoms with van der Waals surface area (Å²) in [6.07, 6.45) is 0.0421. The molecule has 5 heteroatoms. The molecule has 0 aliphatic rings. The third-order valence-corrected chi connectivity index (χ3v) is 4.73. The summed E-state index contributed by atoms with van der Waals surface area (Å²) in [7, 11) is 0. The predicted molar refractivity (Wildman–Crippen MR) is 115 cm³/mol. The molecule has 30 heavy (non-hydrogen) atoms. The number of nitrogens with one attached hydrogen (secondary N) is 1. The van der Waals surface area contributed by atoms with Crippen molar-refractivity contribution in [2.75, 3.05) is 0 Å². The van der Waals surface area contributed by atoms with E-state index in [1.54, 1.807) is 12.1 Å². The van der Waals surface area contributed by atoms with Gasteiger partial charge in [0.15, 0.2) is 6.10 Å². The van der Waals surface area contributed by atoms with E-state index in [0.29, 0.717) is 25.3 Å². The van der Waals surface area contributed by atoms with Gasteiger partial charge < -0.3 is 14.8 Å². The molecule has 0 saturated heterocycles. The summed E-state index contributed by atoms with van der Waals surface area (Å²) in [5, 5.41) is 2.93. The third kappa shape index (κ3) is 6.08. The minimum atomic E-state index is -0.538. The van der Waals surface area contributed by atoms with Crippen LogP contribution in [-0.4, -0.2) is 12.0 Å². The quantitative estimate of drug-likeness (QED) is 0.531. The van der Waals surface area contributed by atoms with Crippen LogP contribution in [-0.2, 0) is 17.9 Å². The Morgan fingerprint density at radius 2 is 1.63 bits per heavy atom. The summed E-state index contributed by atoms with van der Waals surface area (Å²) < 4.78 is 24.5. The van der Waals surface area contributed by atoms with Crippen molar-refractivity contribution in [2.45, 2.75) is 39.5 Å². The monoisotopic (exact) mass is 407 g/mol. The number of carbonyl (C=O) groups excluding carboxylic acids is 1. The van der Waals surface area contributed by atoms with Crippen LogP contribution in [0, 0.1) is 12.7 Å². The van der Waals surface area contributed by atoms with E-state index in [-0.39, 0.29) is 11.7 Å². The zero-order valence-corrected chi connectivity index (χ0v) is 17.2. The van der Waals surface area contributed by atoms with Crippen LogP contribution >= 0.6 is 0 Å². The highest BCUT2D eigenvalue weighted by Gasteiger charge is 2.18. The molecule has 0 aliphatic heterocycles. The van der Waals surface area contributed by atoms with Crippen molar-refractivity contribution < 1.29 is 18.7 Å². The highest BCUT2D eigenvalue weighted by molar-refractivity contribution is 5.81. The Hall–Kier alpha value is -3.34. The second kappa shape index (κ2) is 10.4. The van der Waals surface area contributed by atoms with Gasteiger partial charge in [-0.2, -0.15) is 0 Å². The average molecular weight is 407 g/mol. The smallest absolute Gasteiger partial charge is 0.261 e. The lowest BCUT2D eigenvalue weighted by Crippen LogP contribution is -2.37. The first-order valence-corrected chi connectivity index (χ1v) is 10.0. The minimum absolute atomic E-state index is 0.141. The number of aryl methyl sites for hydroxylation is 1. The van der Waals surface area contributed by atoms with Gasteiger partial charge >= 0.3 is 0 Å². The molecule has 0 fully saturated rings. The van der Waals surface area contributed by atoms with Crippen molar-refractivity contribution in [1.82, 2.24) is 5.32 Å². The van der Waals surface area contributed by atoms with Gasteiger partial charge in [-0.1, -0.05) is 49.4 Å². The van der Waals surface area contributed by atoms with Gasteiger partial charge in [0.2, 0.25) is 0 Å². The first-order valence-electron chi connectivity index (χ1n) is 10.0. The van der Waals surface area contributed by atoms with Gasteiger partial charge in [-0.05, 0) is 60.4 Å². The van der Waals surface area contributed by atoms with Crippen LogP contribution in [0.5, 0.6) is 11.5 Å². The molecule has 1 atom stereocenters. The lowest BCUT2D eigenvalue weighted by molar-refractivity contribution is -0.128. The molecule has 0 radical (unpaired) electrons. The van der Waals surface area contributed by atoms with Gasteiger partial charge in [-0.25, -0.2) is 4.39 Å². The third-order valence-electron chi connectivity index (χ3n) is 4.73. The molecule has 0 aromatic heterocycles. The number of carbonyl (C=O) groups is 1. The van der Waals surface area contributed by atoms with Crippen LogP contribution in [0.4, 0.5) is 4.39 Å². The fraction of sp³-hybridized carbons (Fsp3) is 0.240. The number of para-hydroxylation sites is 1. The minimum Gasteiger partial charge on any atom is -0.489 e. The maximum absolute atomic E-state index is 12.9. The molecule has 0 bridgehead atoms. The Morgan fingerprint density at radius 1 is 0.967 bits per heavy atom. The first kappa shape index (κ1) is 21.4. The fourth-order valence-electron chi connectivity index (χ4n) is 2.92. The highest BCUT2D eigenvalue weighted by atomic mass is 19.1. The number of ether oxygens (including phenoxy) is 2. The van der Waals surface area contributed by atoms with E-state index < -0.39 is 6.10 Å². The van der Waals surface area contributed by atoms with Crippen LogP contribution in [0.2, 0.25) is 0 Å². The van der Waals surface area contributed by atoms with Crippen molar-refractivity contribution in [2.24, 2.45) is 0 Å². The molecule has 0 heterocycles. The normalized spacial score (nSPS) is 11.6. The zero-order valence-electron chi connectivity index (χ0n) is 17.2. The number of hydrogen-bond donors (Lipinski definition) is 1. The molecular weight excluding hydrogens is 381 g/mol. The maximum Gasteiger partial charge on any atom is 0.261 e. The Bertz CT molecular complexity index is 955. The van der Waals surface area contributed by atoms with Crippen molar-refractivity contribution >= 4 is 5.91 Å². The van der Waals surface area contributed by atoms with E-state index in [1.807, 2.05) is 62.4 Å². The molecular formula is C25H26FNO3. The molecule has 3 aromatic carbocycles. The molecule has 1 N–H and O–H groups in total. The predicted octanol–water partition coefficient (Wildman–Crippen LogP) is 5.19. The summed E-state index contributed by atoms with van der Waals surface area (Å²) >= 11 is 0. The van der Waals surface area contributed by atoms with E-state index >= 15 is 0 Å². The Labute approximate surface area is 176 Å². The van der Waals surface area contributed by atoms with Gasteiger partial charge in [0, 0.05) is 6.54 Å². The van der Waals surface area contributed by atoms with Crippen LogP contribution < -0.4 is 14.8 Å². The van der Waals surface area contributed by atoms with Gasteiger partial charge in [0.25, 0.3) is 5.91 Å². The highest BCUT2D eigenvalue weighted by Crippen LogP contribution is 2.19. The molecule has 0 saturated carbocycles. The summed E-state index contributed by atoms with van der Waals surface area (Å²) in [5.74, 6) is 1.03. The van der Waals surface area contributed by atoms with Crippen molar-refractivity contribution in [3.8, 4) is 11.5 Å². The second-order valence-electron chi connectivity index (χ2n) is 7.06. The van der Waals surface area contributed by atoms with Crippen LogP contribution in [0.3, 0.4) is 0 Å². The molecule has 3 rings (SSSR count). The number of halogens is 1. The summed E-state index contributed by atoms with van der Waals surface area (Å²) in [5.41, 5.74) is 2.86. The molecule has 4 nitrogen and oxygen atoms in total. The van der Waals surface area contributed by atoms with Gasteiger partial charge in [-0.15, -0.1) is 0 Å². The second-order valence-corrected chi connectivity index (χ2v) is 7.06. The van der Waals surface area contributed by atoms with Crippen LogP contribution in [0.1, 0.15) is 30.0 Å². The van der Waals surface area contributed by atoms with E-state index in [4.69, 9.17) is 9.47 Å². The fourth-order valence-corrected chi connectivity index (χ4v) is 2.92. The van der Waals surface area contributed by atoms with Gasteiger partial charge in [0.1, 0.15) is 23.9 Å². The van der Waals surface area contributed by atoms with Gasteiger partial charge in [0.05, 0.1) is 0 Å². The first-order chi connectivity index (χ1) is 14.5. The van der Waals surface area contributed by atoms with E-state index in [2.05, 4.69) is 5.32 Å². The topological polar surface area (TPSA) is 47.6 Å².